The minimum Gasteiger partial charge on any atom is -0.482 e. The van der Waals surface area contributed by atoms with Gasteiger partial charge >= 0.3 is 0 Å². The molecule has 0 fully saturated rings. The van der Waals surface area contributed by atoms with E-state index < -0.39 is 6.04 Å². The van der Waals surface area contributed by atoms with E-state index in [4.69, 9.17) is 16.3 Å². The Morgan fingerprint density at radius 2 is 1.90 bits per heavy atom. The van der Waals surface area contributed by atoms with Crippen LogP contribution >= 0.6 is 27.5 Å². The third kappa shape index (κ3) is 6.74. The number of nitrogens with one attached hydrogen (secondary N) is 1. The first-order valence-electron chi connectivity index (χ1n) is 9.95. The fraction of sp³-hybridized carbons (Fsp3) is 0.391. The third-order valence-corrected chi connectivity index (χ3v) is 5.45. The first-order chi connectivity index (χ1) is 14.2. The lowest BCUT2D eigenvalue weighted by Gasteiger charge is -2.31. The number of ether oxygens (including phenoxy) is 1. The van der Waals surface area contributed by atoms with Gasteiger partial charge in [0.25, 0.3) is 5.91 Å². The molecular formula is C23H28BrClN2O3. The monoisotopic (exact) mass is 494 g/mol. The molecule has 5 nitrogen and oxygen atoms in total. The van der Waals surface area contributed by atoms with Gasteiger partial charge in [-0.3, -0.25) is 9.59 Å². The van der Waals surface area contributed by atoms with E-state index in [0.717, 1.165) is 15.6 Å². The number of hydrogen-bond donors (Lipinski definition) is 1. The summed E-state index contributed by atoms with van der Waals surface area (Å²) in [6.07, 6.45) is 0.495. The maximum Gasteiger partial charge on any atom is 0.261 e. The minimum absolute atomic E-state index is 0.0141. The molecule has 0 heterocycles. The van der Waals surface area contributed by atoms with Crippen LogP contribution in [-0.4, -0.2) is 35.4 Å². The lowest BCUT2D eigenvalue weighted by molar-refractivity contribution is -0.143. The topological polar surface area (TPSA) is 58.6 Å². The van der Waals surface area contributed by atoms with Crippen LogP contribution in [0.4, 0.5) is 0 Å². The van der Waals surface area contributed by atoms with Crippen LogP contribution in [0.15, 0.2) is 46.9 Å². The van der Waals surface area contributed by atoms with Gasteiger partial charge in [0.15, 0.2) is 6.61 Å². The van der Waals surface area contributed by atoms with Gasteiger partial charge in [-0.15, -0.1) is 0 Å². The van der Waals surface area contributed by atoms with E-state index in [2.05, 4.69) is 21.2 Å². The highest BCUT2D eigenvalue weighted by Gasteiger charge is 2.29. The molecule has 0 spiro atoms. The summed E-state index contributed by atoms with van der Waals surface area (Å²) in [4.78, 5) is 27.6. The number of amides is 2. The minimum atomic E-state index is -0.594. The standard InChI is InChI=1S/C23H28BrClN2O3/c1-5-20(23(29)26-15(2)3)27(13-17-9-7-6-8-16(17)4)22(28)14-30-21-11-10-18(24)12-19(21)25/h6-12,15,20H,5,13-14H2,1-4H3,(H,26,29)/t20-/m1/s1. The van der Waals surface area contributed by atoms with Crippen LogP contribution in [0.25, 0.3) is 0 Å². The summed E-state index contributed by atoms with van der Waals surface area (Å²) in [7, 11) is 0. The SMILES string of the molecule is CC[C@H](C(=O)NC(C)C)N(Cc1ccccc1C)C(=O)COc1ccc(Br)cc1Cl. The number of carbonyl (C=O) groups excluding carboxylic acids is 2. The molecule has 0 aromatic heterocycles. The molecule has 162 valence electrons. The van der Waals surface area contributed by atoms with Gasteiger partial charge in [0.2, 0.25) is 5.91 Å². The van der Waals surface area contributed by atoms with E-state index in [1.807, 2.05) is 52.0 Å². The van der Waals surface area contributed by atoms with Gasteiger partial charge in [0.05, 0.1) is 5.02 Å². The van der Waals surface area contributed by atoms with Crippen molar-refractivity contribution in [3.05, 3.63) is 63.1 Å². The van der Waals surface area contributed by atoms with E-state index >= 15 is 0 Å². The van der Waals surface area contributed by atoms with E-state index in [-0.39, 0.29) is 24.5 Å². The fourth-order valence-electron chi connectivity index (χ4n) is 3.09. The largest absolute Gasteiger partial charge is 0.482 e. The highest BCUT2D eigenvalue weighted by molar-refractivity contribution is 9.10. The quantitative estimate of drug-likeness (QED) is 0.525. The fourth-order valence-corrected chi connectivity index (χ4v) is 3.81. The summed E-state index contributed by atoms with van der Waals surface area (Å²) in [5.74, 6) is -0.0251. The van der Waals surface area contributed by atoms with E-state index in [1.54, 1.807) is 23.1 Å². The Labute approximate surface area is 191 Å². The Morgan fingerprint density at radius 1 is 1.20 bits per heavy atom. The predicted octanol–water partition coefficient (Wildman–Crippen LogP) is 5.12. The van der Waals surface area contributed by atoms with Crippen molar-refractivity contribution in [3.63, 3.8) is 0 Å². The van der Waals surface area contributed by atoms with Gasteiger partial charge in [-0.05, 0) is 56.5 Å². The molecule has 0 bridgehead atoms. The third-order valence-electron chi connectivity index (χ3n) is 4.66. The van der Waals surface area contributed by atoms with Crippen LogP contribution in [-0.2, 0) is 16.1 Å². The summed E-state index contributed by atoms with van der Waals surface area (Å²) >= 11 is 9.54. The van der Waals surface area contributed by atoms with Crippen molar-refractivity contribution in [2.45, 2.75) is 52.7 Å². The van der Waals surface area contributed by atoms with Crippen LogP contribution < -0.4 is 10.1 Å². The molecule has 1 atom stereocenters. The molecule has 2 amide bonds. The second-order valence-electron chi connectivity index (χ2n) is 7.40. The smallest absolute Gasteiger partial charge is 0.261 e. The zero-order valence-corrected chi connectivity index (χ0v) is 20.1. The van der Waals surface area contributed by atoms with Gasteiger partial charge < -0.3 is 15.0 Å². The maximum absolute atomic E-state index is 13.2. The number of nitrogens with zero attached hydrogens (tertiary/aromatic N) is 1. The number of hydrogen-bond acceptors (Lipinski definition) is 3. The average molecular weight is 496 g/mol. The lowest BCUT2D eigenvalue weighted by atomic mass is 10.1. The summed E-state index contributed by atoms with van der Waals surface area (Å²) in [5, 5.41) is 3.33. The molecular weight excluding hydrogens is 468 g/mol. The Bertz CT molecular complexity index is 889. The Balaban J connectivity index is 2.25. The van der Waals surface area contributed by atoms with Crippen LogP contribution in [0, 0.1) is 6.92 Å². The lowest BCUT2D eigenvalue weighted by Crippen LogP contribution is -2.51. The van der Waals surface area contributed by atoms with Crippen LogP contribution in [0.2, 0.25) is 5.02 Å². The van der Waals surface area contributed by atoms with Gasteiger partial charge in [-0.2, -0.15) is 0 Å². The predicted molar refractivity (Wildman–Crippen MR) is 124 cm³/mol. The molecule has 0 radical (unpaired) electrons. The van der Waals surface area contributed by atoms with Crippen molar-refractivity contribution in [1.29, 1.82) is 0 Å². The Hall–Kier alpha value is -2.05. The second-order valence-corrected chi connectivity index (χ2v) is 8.72. The van der Waals surface area contributed by atoms with Crippen molar-refractivity contribution >= 4 is 39.3 Å². The van der Waals surface area contributed by atoms with Crippen LogP contribution in [0.1, 0.15) is 38.3 Å². The molecule has 2 aromatic carbocycles. The van der Waals surface area contributed by atoms with Crippen molar-refractivity contribution in [3.8, 4) is 5.75 Å². The van der Waals surface area contributed by atoms with Crippen molar-refractivity contribution in [2.75, 3.05) is 6.61 Å². The number of carbonyl (C=O) groups is 2. The van der Waals surface area contributed by atoms with Crippen molar-refractivity contribution < 1.29 is 14.3 Å². The van der Waals surface area contributed by atoms with Gasteiger partial charge in [0, 0.05) is 17.1 Å². The summed E-state index contributed by atoms with van der Waals surface area (Å²) in [5.41, 5.74) is 2.05. The summed E-state index contributed by atoms with van der Waals surface area (Å²) in [6, 6.07) is 12.4. The molecule has 0 unspecified atom stereocenters. The number of rotatable bonds is 9. The molecule has 0 aliphatic heterocycles. The van der Waals surface area contributed by atoms with Crippen LogP contribution in [0.5, 0.6) is 5.75 Å². The molecule has 0 saturated carbocycles. The zero-order chi connectivity index (χ0) is 22.3. The van der Waals surface area contributed by atoms with Crippen molar-refractivity contribution in [1.82, 2.24) is 10.2 Å². The van der Waals surface area contributed by atoms with E-state index in [0.29, 0.717) is 23.7 Å². The van der Waals surface area contributed by atoms with Gasteiger partial charge in [0.1, 0.15) is 11.8 Å². The Kier molecular flexibility index (Phi) is 9.18. The maximum atomic E-state index is 13.2. The number of halogens is 2. The molecule has 0 saturated heterocycles. The summed E-state index contributed by atoms with van der Waals surface area (Å²) in [6.45, 7) is 7.81. The molecule has 30 heavy (non-hydrogen) atoms. The van der Waals surface area contributed by atoms with Gasteiger partial charge in [-0.1, -0.05) is 58.7 Å². The van der Waals surface area contributed by atoms with E-state index in [1.165, 1.54) is 0 Å². The molecule has 2 rings (SSSR count). The van der Waals surface area contributed by atoms with Crippen molar-refractivity contribution in [2.24, 2.45) is 0 Å². The highest BCUT2D eigenvalue weighted by Crippen LogP contribution is 2.28. The van der Waals surface area contributed by atoms with Gasteiger partial charge in [-0.25, -0.2) is 0 Å². The molecule has 1 N–H and O–H groups in total. The normalized spacial score (nSPS) is 11.8. The second kappa shape index (κ2) is 11.4. The number of aryl methyl sites for hydroxylation is 1. The Morgan fingerprint density at radius 3 is 2.50 bits per heavy atom. The highest BCUT2D eigenvalue weighted by atomic mass is 79.9. The zero-order valence-electron chi connectivity index (χ0n) is 17.7. The number of benzene rings is 2. The first-order valence-corrected chi connectivity index (χ1v) is 11.1. The average Bonchev–Trinajstić information content (AvgIpc) is 2.67. The molecule has 7 heteroatoms. The molecule has 0 aliphatic rings. The molecule has 2 aromatic rings. The van der Waals surface area contributed by atoms with E-state index in [9.17, 15) is 9.59 Å². The first kappa shape index (κ1) is 24.2. The summed E-state index contributed by atoms with van der Waals surface area (Å²) < 4.78 is 6.51. The molecule has 0 aliphatic carbocycles. The van der Waals surface area contributed by atoms with Crippen LogP contribution in [0.3, 0.4) is 0 Å².